The number of rotatable bonds is 6. The summed E-state index contributed by atoms with van der Waals surface area (Å²) in [6.07, 6.45) is 0.772. The lowest BCUT2D eigenvalue weighted by Gasteiger charge is -2.14. The number of imidazole rings is 1. The van der Waals surface area contributed by atoms with Crippen LogP contribution in [0.5, 0.6) is 0 Å². The van der Waals surface area contributed by atoms with Gasteiger partial charge in [0, 0.05) is 33.0 Å². The molecule has 0 unspecified atom stereocenters. The average molecular weight is 325 g/mol. The van der Waals surface area contributed by atoms with Crippen LogP contribution in [0, 0.1) is 0 Å². The highest BCUT2D eigenvalue weighted by atomic mass is 15.3. The lowest BCUT2D eigenvalue weighted by Crippen LogP contribution is -2.18. The largest absolute Gasteiger partial charge is 0.354 e. The predicted octanol–water partition coefficient (Wildman–Crippen LogP) is 2.59. The fourth-order valence-electron chi connectivity index (χ4n) is 2.33. The summed E-state index contributed by atoms with van der Waals surface area (Å²) < 4.78 is 0. The monoisotopic (exact) mass is 325 g/mol. The molecule has 1 aromatic carbocycles. The van der Waals surface area contributed by atoms with Gasteiger partial charge in [-0.15, -0.1) is 0 Å². The van der Waals surface area contributed by atoms with Crippen LogP contribution in [0.15, 0.2) is 24.3 Å². The van der Waals surface area contributed by atoms with E-state index < -0.39 is 0 Å². The average Bonchev–Trinajstić information content (AvgIpc) is 2.97. The number of aromatic nitrogens is 5. The normalized spacial score (nSPS) is 11.2. The molecule has 2 heterocycles. The zero-order valence-electron chi connectivity index (χ0n) is 14.5. The zero-order chi connectivity index (χ0) is 17.1. The van der Waals surface area contributed by atoms with Crippen molar-refractivity contribution in [3.8, 4) is 0 Å². The summed E-state index contributed by atoms with van der Waals surface area (Å²) >= 11 is 0. The third-order valence-electron chi connectivity index (χ3n) is 3.64. The molecule has 2 aromatic heterocycles. The van der Waals surface area contributed by atoms with E-state index in [1.54, 1.807) is 0 Å². The van der Waals surface area contributed by atoms with E-state index in [1.807, 2.05) is 43.3 Å². The molecule has 7 heteroatoms. The minimum Gasteiger partial charge on any atom is -0.354 e. The number of hydrogen-bond acceptors (Lipinski definition) is 6. The molecule has 0 radical (unpaired) electrons. The van der Waals surface area contributed by atoms with Crippen LogP contribution in [-0.4, -0.2) is 45.6 Å². The van der Waals surface area contributed by atoms with Crippen LogP contribution >= 0.6 is 0 Å². The number of para-hydroxylation sites is 2. The Labute approximate surface area is 141 Å². The quantitative estimate of drug-likeness (QED) is 0.725. The number of fused-ring (bicyclic) bond motifs is 1. The van der Waals surface area contributed by atoms with Crippen molar-refractivity contribution in [1.29, 1.82) is 0 Å². The summed E-state index contributed by atoms with van der Waals surface area (Å²) in [5, 5.41) is 3.28. The third-order valence-corrected chi connectivity index (χ3v) is 3.64. The van der Waals surface area contributed by atoms with Crippen molar-refractivity contribution < 1.29 is 0 Å². The van der Waals surface area contributed by atoms with E-state index in [9.17, 15) is 0 Å². The first-order valence-corrected chi connectivity index (χ1v) is 8.13. The molecule has 0 saturated carbocycles. The zero-order valence-corrected chi connectivity index (χ0v) is 14.5. The van der Waals surface area contributed by atoms with E-state index in [1.165, 1.54) is 0 Å². The van der Waals surface area contributed by atoms with Crippen molar-refractivity contribution in [3.63, 3.8) is 0 Å². The molecule has 0 amide bonds. The second kappa shape index (κ2) is 6.82. The molecule has 0 aliphatic rings. The smallest absolute Gasteiger partial charge is 0.229 e. The highest BCUT2D eigenvalue weighted by molar-refractivity contribution is 5.74. The van der Waals surface area contributed by atoms with Gasteiger partial charge in [0.2, 0.25) is 11.9 Å². The molecule has 0 saturated heterocycles. The molecule has 2 N–H and O–H groups in total. The molecule has 3 aromatic rings. The lowest BCUT2D eigenvalue weighted by molar-refractivity contribution is 0.753. The Morgan fingerprint density at radius 1 is 1.08 bits per heavy atom. The summed E-state index contributed by atoms with van der Waals surface area (Å²) in [6.45, 7) is 4.86. The van der Waals surface area contributed by atoms with Crippen LogP contribution in [0.4, 0.5) is 11.9 Å². The van der Waals surface area contributed by atoms with E-state index >= 15 is 0 Å². The number of nitrogens with one attached hydrogen (secondary N) is 2. The SMILES string of the molecule is CC(C)c1nc(NCCc2nc3ccccc3[nH]2)nc(N(C)C)n1. The van der Waals surface area contributed by atoms with E-state index in [2.05, 4.69) is 44.1 Å². The summed E-state index contributed by atoms with van der Waals surface area (Å²) in [5.74, 6) is 3.27. The maximum Gasteiger partial charge on any atom is 0.229 e. The van der Waals surface area contributed by atoms with Crippen molar-refractivity contribution in [2.24, 2.45) is 0 Å². The Kier molecular flexibility index (Phi) is 4.59. The van der Waals surface area contributed by atoms with Crippen molar-refractivity contribution >= 4 is 22.9 Å². The number of anilines is 2. The van der Waals surface area contributed by atoms with Gasteiger partial charge in [0.1, 0.15) is 11.6 Å². The second-order valence-electron chi connectivity index (χ2n) is 6.24. The fraction of sp³-hybridized carbons (Fsp3) is 0.412. The second-order valence-corrected chi connectivity index (χ2v) is 6.24. The lowest BCUT2D eigenvalue weighted by atomic mass is 10.2. The standard InChI is InChI=1S/C17H23N7/c1-11(2)15-21-16(23-17(22-15)24(3)4)18-10-9-14-19-12-7-5-6-8-13(12)20-14/h5-8,11H,9-10H2,1-4H3,(H,19,20)(H,18,21,22,23). The Bertz CT molecular complexity index is 763. The third kappa shape index (κ3) is 3.61. The highest BCUT2D eigenvalue weighted by Gasteiger charge is 2.11. The van der Waals surface area contributed by atoms with Gasteiger partial charge in [-0.3, -0.25) is 0 Å². The Morgan fingerprint density at radius 3 is 2.58 bits per heavy atom. The van der Waals surface area contributed by atoms with Gasteiger partial charge in [-0.2, -0.15) is 15.0 Å². The van der Waals surface area contributed by atoms with Crippen molar-refractivity contribution in [2.75, 3.05) is 30.9 Å². The van der Waals surface area contributed by atoms with E-state index in [0.29, 0.717) is 18.4 Å². The van der Waals surface area contributed by atoms with Gasteiger partial charge < -0.3 is 15.2 Å². The summed E-state index contributed by atoms with van der Waals surface area (Å²) in [5.41, 5.74) is 2.05. The molecule has 0 bridgehead atoms. The summed E-state index contributed by atoms with van der Waals surface area (Å²) in [4.78, 5) is 23.2. The van der Waals surface area contributed by atoms with Crippen molar-refractivity contribution in [2.45, 2.75) is 26.2 Å². The van der Waals surface area contributed by atoms with Crippen molar-refractivity contribution in [1.82, 2.24) is 24.9 Å². The van der Waals surface area contributed by atoms with Crippen LogP contribution in [0.1, 0.15) is 31.4 Å². The maximum atomic E-state index is 4.58. The van der Waals surface area contributed by atoms with E-state index in [0.717, 1.165) is 29.1 Å². The first kappa shape index (κ1) is 16.2. The molecule has 24 heavy (non-hydrogen) atoms. The topological polar surface area (TPSA) is 82.6 Å². The van der Waals surface area contributed by atoms with Gasteiger partial charge in [0.05, 0.1) is 11.0 Å². The van der Waals surface area contributed by atoms with Gasteiger partial charge in [-0.05, 0) is 12.1 Å². The Balaban J connectivity index is 1.69. The van der Waals surface area contributed by atoms with Crippen LogP contribution in [-0.2, 0) is 6.42 Å². The summed E-state index contributed by atoms with van der Waals surface area (Å²) in [7, 11) is 3.86. The van der Waals surface area contributed by atoms with Gasteiger partial charge in [0.15, 0.2) is 0 Å². The molecule has 0 spiro atoms. The minimum atomic E-state index is 0.252. The number of aromatic amines is 1. The van der Waals surface area contributed by atoms with Crippen LogP contribution < -0.4 is 10.2 Å². The minimum absolute atomic E-state index is 0.252. The van der Waals surface area contributed by atoms with Gasteiger partial charge in [-0.1, -0.05) is 26.0 Å². The maximum absolute atomic E-state index is 4.58. The van der Waals surface area contributed by atoms with Gasteiger partial charge in [0.25, 0.3) is 0 Å². The predicted molar refractivity (Wildman–Crippen MR) is 96.5 cm³/mol. The molecule has 3 rings (SSSR count). The van der Waals surface area contributed by atoms with E-state index in [4.69, 9.17) is 0 Å². The van der Waals surface area contributed by atoms with E-state index in [-0.39, 0.29) is 5.92 Å². The van der Waals surface area contributed by atoms with Crippen LogP contribution in [0.2, 0.25) is 0 Å². The summed E-state index contributed by atoms with van der Waals surface area (Å²) in [6, 6.07) is 8.03. The van der Waals surface area contributed by atoms with Gasteiger partial charge in [-0.25, -0.2) is 4.98 Å². The molecule has 7 nitrogen and oxygen atoms in total. The molecule has 0 fully saturated rings. The van der Waals surface area contributed by atoms with Crippen molar-refractivity contribution in [3.05, 3.63) is 35.9 Å². The molecule has 126 valence electrons. The van der Waals surface area contributed by atoms with Crippen LogP contribution in [0.3, 0.4) is 0 Å². The highest BCUT2D eigenvalue weighted by Crippen LogP contribution is 2.15. The van der Waals surface area contributed by atoms with Crippen LogP contribution in [0.25, 0.3) is 11.0 Å². The number of H-pyrrole nitrogens is 1. The number of hydrogen-bond donors (Lipinski definition) is 2. The molecular formula is C17H23N7. The first-order chi connectivity index (χ1) is 11.5. The number of nitrogens with zero attached hydrogens (tertiary/aromatic N) is 5. The Hall–Kier alpha value is -2.70. The first-order valence-electron chi connectivity index (χ1n) is 8.13. The number of benzene rings is 1. The molecule has 0 atom stereocenters. The molecular weight excluding hydrogens is 302 g/mol. The molecule has 0 aliphatic carbocycles. The molecule has 0 aliphatic heterocycles. The fourth-order valence-corrected chi connectivity index (χ4v) is 2.33. The Morgan fingerprint density at radius 2 is 1.88 bits per heavy atom. The van der Waals surface area contributed by atoms with Gasteiger partial charge >= 0.3 is 0 Å².